The van der Waals surface area contributed by atoms with Crippen LogP contribution >= 0.6 is 0 Å². The SMILES string of the molecule is CN=CNc1nccc2ccccc12. The zero-order valence-electron chi connectivity index (χ0n) is 7.94. The third kappa shape index (κ3) is 1.57. The van der Waals surface area contributed by atoms with Crippen LogP contribution in [0.1, 0.15) is 0 Å². The highest BCUT2D eigenvalue weighted by atomic mass is 15.0. The summed E-state index contributed by atoms with van der Waals surface area (Å²) >= 11 is 0. The first-order valence-electron chi connectivity index (χ1n) is 4.43. The van der Waals surface area contributed by atoms with E-state index >= 15 is 0 Å². The average Bonchev–Trinajstić information content (AvgIpc) is 2.26. The van der Waals surface area contributed by atoms with Crippen molar-refractivity contribution >= 4 is 22.9 Å². The second-order valence-corrected chi connectivity index (χ2v) is 2.91. The second kappa shape index (κ2) is 3.87. The van der Waals surface area contributed by atoms with Crippen molar-refractivity contribution < 1.29 is 0 Å². The Morgan fingerprint density at radius 3 is 3.00 bits per heavy atom. The van der Waals surface area contributed by atoms with Crippen molar-refractivity contribution in [2.45, 2.75) is 0 Å². The summed E-state index contributed by atoms with van der Waals surface area (Å²) < 4.78 is 0. The number of fused-ring (bicyclic) bond motifs is 1. The van der Waals surface area contributed by atoms with Crippen LogP contribution in [0.3, 0.4) is 0 Å². The van der Waals surface area contributed by atoms with Gasteiger partial charge < -0.3 is 5.32 Å². The molecule has 1 aromatic carbocycles. The molecule has 0 spiro atoms. The Morgan fingerprint density at radius 2 is 2.14 bits per heavy atom. The van der Waals surface area contributed by atoms with E-state index in [-0.39, 0.29) is 0 Å². The molecule has 0 aliphatic carbocycles. The molecule has 1 aromatic heterocycles. The lowest BCUT2D eigenvalue weighted by Crippen LogP contribution is -1.97. The van der Waals surface area contributed by atoms with Crippen LogP contribution in [0.2, 0.25) is 0 Å². The van der Waals surface area contributed by atoms with Crippen molar-refractivity contribution in [2.75, 3.05) is 12.4 Å². The van der Waals surface area contributed by atoms with E-state index in [2.05, 4.69) is 21.4 Å². The predicted octanol–water partition coefficient (Wildman–Crippen LogP) is 2.30. The molecular formula is C11H11N3. The molecule has 1 N–H and O–H groups in total. The largest absolute Gasteiger partial charge is 0.331 e. The normalized spacial score (nSPS) is 10.9. The molecule has 0 aliphatic rings. The molecule has 2 aromatic rings. The van der Waals surface area contributed by atoms with Crippen LogP contribution in [0.5, 0.6) is 0 Å². The molecule has 0 fully saturated rings. The number of benzene rings is 1. The minimum absolute atomic E-state index is 0.841. The number of nitrogens with zero attached hydrogens (tertiary/aromatic N) is 2. The lowest BCUT2D eigenvalue weighted by Gasteiger charge is -2.03. The van der Waals surface area contributed by atoms with Crippen molar-refractivity contribution in [1.29, 1.82) is 0 Å². The van der Waals surface area contributed by atoms with Gasteiger partial charge in [0.25, 0.3) is 0 Å². The molecule has 3 nitrogen and oxygen atoms in total. The zero-order chi connectivity index (χ0) is 9.80. The van der Waals surface area contributed by atoms with Gasteiger partial charge in [0, 0.05) is 18.6 Å². The highest BCUT2D eigenvalue weighted by Crippen LogP contribution is 2.19. The summed E-state index contributed by atoms with van der Waals surface area (Å²) in [4.78, 5) is 8.10. The first-order chi connectivity index (χ1) is 6.92. The van der Waals surface area contributed by atoms with Gasteiger partial charge in [0.1, 0.15) is 5.82 Å². The van der Waals surface area contributed by atoms with Crippen LogP contribution in [0.4, 0.5) is 5.82 Å². The van der Waals surface area contributed by atoms with Crippen molar-refractivity contribution in [3.8, 4) is 0 Å². The number of pyridine rings is 1. The minimum atomic E-state index is 0.841. The van der Waals surface area contributed by atoms with Gasteiger partial charge in [-0.15, -0.1) is 0 Å². The smallest absolute Gasteiger partial charge is 0.138 e. The lowest BCUT2D eigenvalue weighted by atomic mass is 10.2. The Hall–Kier alpha value is -1.90. The summed E-state index contributed by atoms with van der Waals surface area (Å²) in [6.07, 6.45) is 3.42. The fourth-order valence-corrected chi connectivity index (χ4v) is 1.36. The topological polar surface area (TPSA) is 37.3 Å². The van der Waals surface area contributed by atoms with Crippen LogP contribution in [-0.2, 0) is 0 Å². The van der Waals surface area contributed by atoms with E-state index in [0.717, 1.165) is 11.2 Å². The Labute approximate surface area is 82.5 Å². The van der Waals surface area contributed by atoms with E-state index in [0.29, 0.717) is 0 Å². The van der Waals surface area contributed by atoms with Gasteiger partial charge in [0.15, 0.2) is 0 Å². The summed E-state index contributed by atoms with van der Waals surface area (Å²) in [6.45, 7) is 0. The number of hydrogen-bond donors (Lipinski definition) is 1. The van der Waals surface area contributed by atoms with Gasteiger partial charge >= 0.3 is 0 Å². The molecule has 0 bridgehead atoms. The maximum absolute atomic E-state index is 4.24. The van der Waals surface area contributed by atoms with E-state index in [1.807, 2.05) is 24.3 Å². The first kappa shape index (κ1) is 8.69. The lowest BCUT2D eigenvalue weighted by molar-refractivity contribution is 1.35. The maximum atomic E-state index is 4.24. The Balaban J connectivity index is 2.53. The van der Waals surface area contributed by atoms with Crippen LogP contribution in [-0.4, -0.2) is 18.4 Å². The standard InChI is InChI=1S/C11H11N3/c1-12-8-14-11-10-5-3-2-4-9(10)6-7-13-11/h2-8H,1H3,(H,12,13,14). The fraction of sp³-hybridized carbons (Fsp3) is 0.0909. The molecule has 14 heavy (non-hydrogen) atoms. The van der Waals surface area contributed by atoms with Crippen molar-refractivity contribution in [3.63, 3.8) is 0 Å². The van der Waals surface area contributed by atoms with Crippen molar-refractivity contribution in [1.82, 2.24) is 4.98 Å². The van der Waals surface area contributed by atoms with E-state index in [4.69, 9.17) is 0 Å². The number of rotatable bonds is 2. The molecule has 0 radical (unpaired) electrons. The third-order valence-electron chi connectivity index (χ3n) is 2.00. The van der Waals surface area contributed by atoms with Gasteiger partial charge in [-0.2, -0.15) is 0 Å². The fourth-order valence-electron chi connectivity index (χ4n) is 1.36. The van der Waals surface area contributed by atoms with Crippen molar-refractivity contribution in [3.05, 3.63) is 36.5 Å². The van der Waals surface area contributed by atoms with E-state index in [1.54, 1.807) is 19.6 Å². The zero-order valence-corrected chi connectivity index (χ0v) is 7.94. The van der Waals surface area contributed by atoms with Gasteiger partial charge in [-0.3, -0.25) is 4.99 Å². The summed E-state index contributed by atoms with van der Waals surface area (Å²) in [5, 5.41) is 5.32. The average molecular weight is 185 g/mol. The number of nitrogens with one attached hydrogen (secondary N) is 1. The minimum Gasteiger partial charge on any atom is -0.331 e. The molecule has 0 amide bonds. The molecule has 0 aliphatic heterocycles. The number of anilines is 1. The van der Waals surface area contributed by atoms with Crippen molar-refractivity contribution in [2.24, 2.45) is 4.99 Å². The summed E-state index contributed by atoms with van der Waals surface area (Å²) in [6, 6.07) is 10.1. The third-order valence-corrected chi connectivity index (χ3v) is 2.00. The number of aromatic nitrogens is 1. The monoisotopic (exact) mass is 185 g/mol. The molecule has 1 heterocycles. The molecule has 3 heteroatoms. The second-order valence-electron chi connectivity index (χ2n) is 2.91. The highest BCUT2D eigenvalue weighted by Gasteiger charge is 1.98. The molecule has 70 valence electrons. The predicted molar refractivity (Wildman–Crippen MR) is 59.8 cm³/mol. The van der Waals surface area contributed by atoms with Crippen LogP contribution in [0.25, 0.3) is 10.8 Å². The van der Waals surface area contributed by atoms with Gasteiger partial charge in [-0.25, -0.2) is 4.98 Å². The summed E-state index contributed by atoms with van der Waals surface area (Å²) in [7, 11) is 1.72. The van der Waals surface area contributed by atoms with Crippen LogP contribution in [0.15, 0.2) is 41.5 Å². The molecular weight excluding hydrogens is 174 g/mol. The van der Waals surface area contributed by atoms with E-state index < -0.39 is 0 Å². The Kier molecular flexibility index (Phi) is 2.40. The number of hydrogen-bond acceptors (Lipinski definition) is 2. The molecule has 0 atom stereocenters. The Bertz CT molecular complexity index is 458. The van der Waals surface area contributed by atoms with Crippen LogP contribution in [0, 0.1) is 0 Å². The summed E-state index contributed by atoms with van der Waals surface area (Å²) in [5.41, 5.74) is 0. The van der Waals surface area contributed by atoms with Gasteiger partial charge in [0.05, 0.1) is 6.34 Å². The van der Waals surface area contributed by atoms with E-state index in [1.165, 1.54) is 5.39 Å². The molecule has 2 rings (SSSR count). The number of aliphatic imine (C=N–C) groups is 1. The highest BCUT2D eigenvalue weighted by molar-refractivity contribution is 5.95. The van der Waals surface area contributed by atoms with Crippen LogP contribution < -0.4 is 5.32 Å². The quantitative estimate of drug-likeness (QED) is 0.575. The maximum Gasteiger partial charge on any atom is 0.138 e. The molecule has 0 saturated heterocycles. The molecule has 0 unspecified atom stereocenters. The van der Waals surface area contributed by atoms with E-state index in [9.17, 15) is 0 Å². The molecule has 0 saturated carbocycles. The van der Waals surface area contributed by atoms with Gasteiger partial charge in [0.2, 0.25) is 0 Å². The Morgan fingerprint density at radius 1 is 1.29 bits per heavy atom. The summed E-state index contributed by atoms with van der Waals surface area (Å²) in [5.74, 6) is 0.841. The van der Waals surface area contributed by atoms with Gasteiger partial charge in [-0.1, -0.05) is 24.3 Å². The van der Waals surface area contributed by atoms with Gasteiger partial charge in [-0.05, 0) is 11.5 Å². The first-order valence-corrected chi connectivity index (χ1v) is 4.43.